The van der Waals surface area contributed by atoms with Gasteiger partial charge in [0.1, 0.15) is 5.75 Å². The highest BCUT2D eigenvalue weighted by molar-refractivity contribution is 5.78. The number of nitrogens with one attached hydrogen (secondary N) is 1. The van der Waals surface area contributed by atoms with Crippen molar-refractivity contribution in [3.05, 3.63) is 24.3 Å². The lowest BCUT2D eigenvalue weighted by Crippen LogP contribution is -2.50. The first-order chi connectivity index (χ1) is 12.0. The summed E-state index contributed by atoms with van der Waals surface area (Å²) >= 11 is 0. The normalized spacial score (nSPS) is 16.8. The van der Waals surface area contributed by atoms with Crippen molar-refractivity contribution < 1.29 is 9.53 Å². The van der Waals surface area contributed by atoms with Crippen molar-refractivity contribution in [2.75, 3.05) is 44.7 Å². The van der Waals surface area contributed by atoms with Crippen LogP contribution in [0.1, 0.15) is 33.6 Å². The summed E-state index contributed by atoms with van der Waals surface area (Å²) in [6.45, 7) is 10.6. The standard InChI is InChI=1S/C20H33N3O2/c1-16(2)9-10-17(3)21-20(24)15-22-11-13-23(14-12-22)18-7-5-6-8-19(18)25-4/h5-8,16-17H,9-15H2,1-4H3,(H,21,24)/t17-/m1/s1. The van der Waals surface area contributed by atoms with Gasteiger partial charge in [0.15, 0.2) is 0 Å². The number of carbonyl (C=O) groups is 1. The molecule has 1 N–H and O–H groups in total. The molecule has 25 heavy (non-hydrogen) atoms. The molecule has 1 atom stereocenters. The van der Waals surface area contributed by atoms with Gasteiger partial charge in [0.05, 0.1) is 19.3 Å². The van der Waals surface area contributed by atoms with Crippen LogP contribution in [0.15, 0.2) is 24.3 Å². The zero-order valence-corrected chi connectivity index (χ0v) is 16.1. The molecule has 1 heterocycles. The highest BCUT2D eigenvalue weighted by Crippen LogP contribution is 2.28. The summed E-state index contributed by atoms with van der Waals surface area (Å²) in [5, 5.41) is 3.13. The smallest absolute Gasteiger partial charge is 0.234 e. The SMILES string of the molecule is COc1ccccc1N1CCN(CC(=O)N[C@H](C)CCC(C)C)CC1. The molecule has 140 valence electrons. The van der Waals surface area contributed by atoms with Crippen LogP contribution in [0.4, 0.5) is 5.69 Å². The summed E-state index contributed by atoms with van der Waals surface area (Å²) in [6.07, 6.45) is 2.20. The van der Waals surface area contributed by atoms with Crippen LogP contribution in [-0.2, 0) is 4.79 Å². The number of para-hydroxylation sites is 2. The Kier molecular flexibility index (Phi) is 7.56. The van der Waals surface area contributed by atoms with Gasteiger partial charge in [-0.15, -0.1) is 0 Å². The van der Waals surface area contributed by atoms with Crippen LogP contribution >= 0.6 is 0 Å². The zero-order valence-electron chi connectivity index (χ0n) is 16.1. The fraction of sp³-hybridized carbons (Fsp3) is 0.650. The highest BCUT2D eigenvalue weighted by atomic mass is 16.5. The van der Waals surface area contributed by atoms with Crippen molar-refractivity contribution in [1.29, 1.82) is 0 Å². The Bertz CT molecular complexity index is 539. The van der Waals surface area contributed by atoms with Gasteiger partial charge in [-0.1, -0.05) is 26.0 Å². The largest absolute Gasteiger partial charge is 0.495 e. The molecule has 1 saturated heterocycles. The monoisotopic (exact) mass is 347 g/mol. The quantitative estimate of drug-likeness (QED) is 0.785. The van der Waals surface area contributed by atoms with Gasteiger partial charge < -0.3 is 15.0 Å². The third-order valence-corrected chi connectivity index (χ3v) is 4.75. The van der Waals surface area contributed by atoms with Crippen molar-refractivity contribution in [2.45, 2.75) is 39.7 Å². The van der Waals surface area contributed by atoms with E-state index in [1.54, 1.807) is 7.11 Å². The van der Waals surface area contributed by atoms with Gasteiger partial charge in [-0.25, -0.2) is 0 Å². The summed E-state index contributed by atoms with van der Waals surface area (Å²) < 4.78 is 5.45. The van der Waals surface area contributed by atoms with Crippen LogP contribution in [0.2, 0.25) is 0 Å². The first-order valence-electron chi connectivity index (χ1n) is 9.39. The van der Waals surface area contributed by atoms with E-state index in [-0.39, 0.29) is 11.9 Å². The Hall–Kier alpha value is -1.75. The first-order valence-corrected chi connectivity index (χ1v) is 9.39. The third-order valence-electron chi connectivity index (χ3n) is 4.75. The van der Waals surface area contributed by atoms with E-state index in [1.807, 2.05) is 18.2 Å². The second-order valence-electron chi connectivity index (χ2n) is 7.37. The predicted octanol–water partition coefficient (Wildman–Crippen LogP) is 2.76. The van der Waals surface area contributed by atoms with E-state index in [0.29, 0.717) is 12.5 Å². The molecule has 1 aromatic carbocycles. The van der Waals surface area contributed by atoms with Gasteiger partial charge in [0.2, 0.25) is 5.91 Å². The minimum absolute atomic E-state index is 0.141. The molecule has 1 aliphatic rings. The van der Waals surface area contributed by atoms with Crippen LogP contribution in [0.5, 0.6) is 5.75 Å². The summed E-state index contributed by atoms with van der Waals surface area (Å²) in [7, 11) is 1.71. The minimum Gasteiger partial charge on any atom is -0.495 e. The van der Waals surface area contributed by atoms with Crippen molar-refractivity contribution >= 4 is 11.6 Å². The lowest BCUT2D eigenvalue weighted by atomic mass is 10.0. The van der Waals surface area contributed by atoms with E-state index in [2.05, 4.69) is 42.0 Å². The second-order valence-corrected chi connectivity index (χ2v) is 7.37. The third kappa shape index (κ3) is 6.24. The first kappa shape index (κ1) is 19.6. The average Bonchev–Trinajstić information content (AvgIpc) is 2.60. The lowest BCUT2D eigenvalue weighted by Gasteiger charge is -2.36. The van der Waals surface area contributed by atoms with E-state index in [4.69, 9.17) is 4.74 Å². The molecule has 2 rings (SSSR count). The number of anilines is 1. The molecule has 0 aliphatic carbocycles. The zero-order chi connectivity index (χ0) is 18.2. The molecule has 0 aromatic heterocycles. The highest BCUT2D eigenvalue weighted by Gasteiger charge is 2.21. The Morgan fingerprint density at radius 1 is 1.12 bits per heavy atom. The maximum Gasteiger partial charge on any atom is 0.234 e. The Morgan fingerprint density at radius 3 is 2.44 bits per heavy atom. The molecule has 0 radical (unpaired) electrons. The van der Waals surface area contributed by atoms with Gasteiger partial charge in [-0.3, -0.25) is 9.69 Å². The fourth-order valence-corrected chi connectivity index (χ4v) is 3.22. The van der Waals surface area contributed by atoms with E-state index in [9.17, 15) is 4.79 Å². The molecule has 0 spiro atoms. The van der Waals surface area contributed by atoms with Gasteiger partial charge in [0, 0.05) is 32.2 Å². The molecule has 5 heteroatoms. The molecule has 1 amide bonds. The van der Waals surface area contributed by atoms with E-state index in [0.717, 1.165) is 50.5 Å². The molecular weight excluding hydrogens is 314 g/mol. The number of piperazine rings is 1. The summed E-state index contributed by atoms with van der Waals surface area (Å²) in [6, 6.07) is 8.37. The number of carbonyl (C=O) groups excluding carboxylic acids is 1. The molecule has 0 unspecified atom stereocenters. The topological polar surface area (TPSA) is 44.8 Å². The van der Waals surface area contributed by atoms with E-state index < -0.39 is 0 Å². The molecule has 0 saturated carbocycles. The van der Waals surface area contributed by atoms with Gasteiger partial charge in [-0.05, 0) is 37.8 Å². The number of amides is 1. The van der Waals surface area contributed by atoms with Crippen LogP contribution in [-0.4, -0.2) is 56.7 Å². The number of hydrogen-bond acceptors (Lipinski definition) is 4. The fourth-order valence-electron chi connectivity index (χ4n) is 3.22. The predicted molar refractivity (Wildman–Crippen MR) is 103 cm³/mol. The molecule has 1 aliphatic heterocycles. The Labute approximate surface area is 152 Å². The van der Waals surface area contributed by atoms with Crippen LogP contribution < -0.4 is 15.0 Å². The number of hydrogen-bond donors (Lipinski definition) is 1. The van der Waals surface area contributed by atoms with E-state index in [1.165, 1.54) is 0 Å². The molecular formula is C20H33N3O2. The molecule has 1 aromatic rings. The van der Waals surface area contributed by atoms with Crippen molar-refractivity contribution in [3.8, 4) is 5.75 Å². The van der Waals surface area contributed by atoms with E-state index >= 15 is 0 Å². The summed E-state index contributed by atoms with van der Waals surface area (Å²) in [4.78, 5) is 16.8. The van der Waals surface area contributed by atoms with Crippen molar-refractivity contribution in [3.63, 3.8) is 0 Å². The number of benzene rings is 1. The molecule has 1 fully saturated rings. The maximum absolute atomic E-state index is 12.2. The Balaban J connectivity index is 1.75. The van der Waals surface area contributed by atoms with Crippen LogP contribution in [0, 0.1) is 5.92 Å². The van der Waals surface area contributed by atoms with Gasteiger partial charge in [-0.2, -0.15) is 0 Å². The van der Waals surface area contributed by atoms with Gasteiger partial charge >= 0.3 is 0 Å². The Morgan fingerprint density at radius 2 is 1.80 bits per heavy atom. The van der Waals surface area contributed by atoms with Crippen LogP contribution in [0.25, 0.3) is 0 Å². The van der Waals surface area contributed by atoms with Gasteiger partial charge in [0.25, 0.3) is 0 Å². The number of methoxy groups -OCH3 is 1. The summed E-state index contributed by atoms with van der Waals surface area (Å²) in [5.74, 6) is 1.73. The number of rotatable bonds is 8. The average molecular weight is 348 g/mol. The minimum atomic E-state index is 0.141. The molecule has 5 nitrogen and oxygen atoms in total. The van der Waals surface area contributed by atoms with Crippen molar-refractivity contribution in [2.24, 2.45) is 5.92 Å². The number of nitrogens with zero attached hydrogens (tertiary/aromatic N) is 2. The van der Waals surface area contributed by atoms with Crippen molar-refractivity contribution in [1.82, 2.24) is 10.2 Å². The molecule has 0 bridgehead atoms. The van der Waals surface area contributed by atoms with Crippen LogP contribution in [0.3, 0.4) is 0 Å². The summed E-state index contributed by atoms with van der Waals surface area (Å²) in [5.41, 5.74) is 1.14. The lowest BCUT2D eigenvalue weighted by molar-refractivity contribution is -0.123. The maximum atomic E-state index is 12.2. The number of ether oxygens (including phenoxy) is 1. The second kappa shape index (κ2) is 9.66.